The molecule has 0 saturated heterocycles. The quantitative estimate of drug-likeness (QED) is 0.585. The highest BCUT2D eigenvalue weighted by Crippen LogP contribution is 2.44. The number of thiol groups is 1. The van der Waals surface area contributed by atoms with Crippen LogP contribution in [0.5, 0.6) is 0 Å². The van der Waals surface area contributed by atoms with Crippen LogP contribution in [-0.4, -0.2) is 36.1 Å². The summed E-state index contributed by atoms with van der Waals surface area (Å²) in [5, 5.41) is 2.55. The van der Waals surface area contributed by atoms with Crippen molar-refractivity contribution in [1.82, 2.24) is 5.32 Å². The summed E-state index contributed by atoms with van der Waals surface area (Å²) in [6, 6.07) is 15.4. The van der Waals surface area contributed by atoms with E-state index >= 15 is 0 Å². The van der Waals surface area contributed by atoms with Crippen molar-refractivity contribution in [1.29, 1.82) is 0 Å². The number of carbonyl (C=O) groups excluding carboxylic acids is 2. The lowest BCUT2D eigenvalue weighted by atomic mass is 9.98. The summed E-state index contributed by atoms with van der Waals surface area (Å²) in [7, 11) is 0. The summed E-state index contributed by atoms with van der Waals surface area (Å²) < 4.78 is 10.8. The molecule has 0 bridgehead atoms. The summed E-state index contributed by atoms with van der Waals surface area (Å²) >= 11 is 4.14. The van der Waals surface area contributed by atoms with Crippen LogP contribution < -0.4 is 5.32 Å². The molecule has 6 heteroatoms. The number of amides is 1. The number of carbonyl (C=O) groups is 2. The topological polar surface area (TPSA) is 64.6 Å². The minimum Gasteiger partial charge on any atom is -0.458 e. The van der Waals surface area contributed by atoms with Crippen molar-refractivity contribution < 1.29 is 19.1 Å². The summed E-state index contributed by atoms with van der Waals surface area (Å²) in [5.41, 5.74) is 3.95. The highest BCUT2D eigenvalue weighted by atomic mass is 32.1. The van der Waals surface area contributed by atoms with Crippen LogP contribution in [0.1, 0.15) is 37.8 Å². The van der Waals surface area contributed by atoms with Crippen LogP contribution >= 0.6 is 12.6 Å². The van der Waals surface area contributed by atoms with Crippen LogP contribution in [-0.2, 0) is 14.3 Å². The lowest BCUT2D eigenvalue weighted by Gasteiger charge is -2.23. The molecule has 148 valence electrons. The van der Waals surface area contributed by atoms with E-state index in [1.807, 2.05) is 24.3 Å². The largest absolute Gasteiger partial charge is 0.458 e. The van der Waals surface area contributed by atoms with Crippen molar-refractivity contribution in [2.45, 2.75) is 38.3 Å². The van der Waals surface area contributed by atoms with Crippen LogP contribution in [0.2, 0.25) is 0 Å². The molecule has 1 unspecified atom stereocenters. The Kier molecular flexibility index (Phi) is 5.98. The second-order valence-electron chi connectivity index (χ2n) is 7.74. The molecule has 3 rings (SSSR count). The number of hydrogen-bond acceptors (Lipinski definition) is 5. The first-order valence-corrected chi connectivity index (χ1v) is 9.88. The molecule has 1 aliphatic rings. The smallest absolute Gasteiger partial charge is 0.407 e. The van der Waals surface area contributed by atoms with Gasteiger partial charge in [0.25, 0.3) is 0 Å². The van der Waals surface area contributed by atoms with Gasteiger partial charge in [-0.2, -0.15) is 12.6 Å². The van der Waals surface area contributed by atoms with Crippen LogP contribution in [0.25, 0.3) is 11.1 Å². The van der Waals surface area contributed by atoms with Gasteiger partial charge in [0.05, 0.1) is 0 Å². The zero-order chi connectivity index (χ0) is 20.3. The van der Waals surface area contributed by atoms with E-state index in [9.17, 15) is 9.59 Å². The van der Waals surface area contributed by atoms with Gasteiger partial charge in [-0.3, -0.25) is 0 Å². The Hall–Kier alpha value is -2.47. The minimum atomic E-state index is -0.863. The van der Waals surface area contributed by atoms with E-state index < -0.39 is 23.7 Å². The number of fused-ring (bicyclic) bond motifs is 3. The van der Waals surface area contributed by atoms with Gasteiger partial charge in [-0.1, -0.05) is 48.5 Å². The molecule has 0 spiro atoms. The molecule has 1 aliphatic carbocycles. The van der Waals surface area contributed by atoms with Gasteiger partial charge in [-0.05, 0) is 43.0 Å². The molecule has 0 fully saturated rings. The highest BCUT2D eigenvalue weighted by Gasteiger charge is 2.30. The zero-order valence-corrected chi connectivity index (χ0v) is 17.2. The Morgan fingerprint density at radius 3 is 2.07 bits per heavy atom. The van der Waals surface area contributed by atoms with Gasteiger partial charge in [-0.15, -0.1) is 0 Å². The van der Waals surface area contributed by atoms with Gasteiger partial charge in [0, 0.05) is 11.7 Å². The minimum absolute atomic E-state index is 0.0332. The SMILES string of the molecule is CC(C)(C)OC(=O)C(CS)NC(=O)OCC1c2ccccc2-c2ccccc21. The number of rotatable bonds is 5. The normalized spacial score (nSPS) is 14.0. The number of nitrogens with one attached hydrogen (secondary N) is 1. The first-order valence-electron chi connectivity index (χ1n) is 9.25. The molecule has 1 N–H and O–H groups in total. The molecule has 5 nitrogen and oxygen atoms in total. The number of esters is 1. The average molecular weight is 400 g/mol. The van der Waals surface area contributed by atoms with Crippen molar-refractivity contribution >= 4 is 24.7 Å². The lowest BCUT2D eigenvalue weighted by Crippen LogP contribution is -2.45. The third-order valence-corrected chi connectivity index (χ3v) is 4.87. The van der Waals surface area contributed by atoms with Gasteiger partial charge in [0.2, 0.25) is 0 Å². The second kappa shape index (κ2) is 8.27. The Morgan fingerprint density at radius 2 is 1.57 bits per heavy atom. The van der Waals surface area contributed by atoms with E-state index in [2.05, 4.69) is 42.2 Å². The molecule has 1 amide bonds. The number of alkyl carbamates (subject to hydrolysis) is 1. The summed E-state index contributed by atoms with van der Waals surface area (Å²) in [6.45, 7) is 5.50. The highest BCUT2D eigenvalue weighted by molar-refractivity contribution is 7.80. The maximum atomic E-state index is 12.3. The molecule has 0 aromatic heterocycles. The average Bonchev–Trinajstić information content (AvgIpc) is 2.97. The van der Waals surface area contributed by atoms with Crippen LogP contribution in [0.3, 0.4) is 0 Å². The molecule has 28 heavy (non-hydrogen) atoms. The summed E-state index contributed by atoms with van der Waals surface area (Å²) in [4.78, 5) is 24.5. The summed E-state index contributed by atoms with van der Waals surface area (Å²) in [5.74, 6) is -0.441. The fourth-order valence-electron chi connectivity index (χ4n) is 3.33. The Morgan fingerprint density at radius 1 is 1.04 bits per heavy atom. The van der Waals surface area contributed by atoms with Crippen LogP contribution in [0, 0.1) is 0 Å². The third-order valence-electron chi connectivity index (χ3n) is 4.51. The molecule has 1 atom stereocenters. The van der Waals surface area contributed by atoms with E-state index in [1.54, 1.807) is 20.8 Å². The third kappa shape index (κ3) is 4.50. The molecule has 0 aliphatic heterocycles. The monoisotopic (exact) mass is 399 g/mol. The Balaban J connectivity index is 1.65. The van der Waals surface area contributed by atoms with Gasteiger partial charge >= 0.3 is 12.1 Å². The fourth-order valence-corrected chi connectivity index (χ4v) is 3.57. The van der Waals surface area contributed by atoms with E-state index in [0.717, 1.165) is 22.3 Å². The fraction of sp³-hybridized carbons (Fsp3) is 0.364. The van der Waals surface area contributed by atoms with E-state index in [0.29, 0.717) is 0 Å². The molecule has 2 aromatic rings. The maximum absolute atomic E-state index is 12.3. The van der Waals surface area contributed by atoms with E-state index in [1.165, 1.54) is 0 Å². The van der Waals surface area contributed by atoms with Crippen molar-refractivity contribution in [3.8, 4) is 11.1 Å². The van der Waals surface area contributed by atoms with Gasteiger partial charge in [0.15, 0.2) is 0 Å². The van der Waals surface area contributed by atoms with Crippen LogP contribution in [0.15, 0.2) is 48.5 Å². The molecular weight excluding hydrogens is 374 g/mol. The maximum Gasteiger partial charge on any atom is 0.407 e. The number of benzene rings is 2. The Bertz CT molecular complexity index is 829. The van der Waals surface area contributed by atoms with Crippen molar-refractivity contribution in [3.05, 3.63) is 59.7 Å². The molecule has 2 aromatic carbocycles. The predicted molar refractivity (Wildman–Crippen MR) is 112 cm³/mol. The molecule has 0 radical (unpaired) electrons. The van der Waals surface area contributed by atoms with Gasteiger partial charge in [-0.25, -0.2) is 9.59 Å². The van der Waals surface area contributed by atoms with E-state index in [4.69, 9.17) is 9.47 Å². The zero-order valence-electron chi connectivity index (χ0n) is 16.3. The van der Waals surface area contributed by atoms with Crippen molar-refractivity contribution in [2.75, 3.05) is 12.4 Å². The first-order chi connectivity index (χ1) is 13.3. The molecule has 0 heterocycles. The van der Waals surface area contributed by atoms with Gasteiger partial charge < -0.3 is 14.8 Å². The lowest BCUT2D eigenvalue weighted by molar-refractivity contribution is -0.156. The number of ether oxygens (including phenoxy) is 2. The van der Waals surface area contributed by atoms with Gasteiger partial charge in [0.1, 0.15) is 18.2 Å². The Labute approximate surface area is 170 Å². The molecule has 0 saturated carbocycles. The predicted octanol–water partition coefficient (Wildman–Crippen LogP) is 4.17. The van der Waals surface area contributed by atoms with E-state index in [-0.39, 0.29) is 18.3 Å². The standard InChI is InChI=1S/C22H25NO4S/c1-22(2,3)27-20(24)19(13-28)23-21(25)26-12-18-16-10-6-4-8-14(16)15-9-5-7-11-17(15)18/h4-11,18-19,28H,12-13H2,1-3H3,(H,23,25). The van der Waals surface area contributed by atoms with Crippen molar-refractivity contribution in [3.63, 3.8) is 0 Å². The number of hydrogen-bond donors (Lipinski definition) is 2. The molecular formula is C22H25NO4S. The second-order valence-corrected chi connectivity index (χ2v) is 8.10. The van der Waals surface area contributed by atoms with Crippen molar-refractivity contribution in [2.24, 2.45) is 0 Å². The van der Waals surface area contributed by atoms with Crippen LogP contribution in [0.4, 0.5) is 4.79 Å². The first kappa shape index (κ1) is 20.3. The summed E-state index contributed by atoms with van der Waals surface area (Å²) in [6.07, 6.45) is -0.660.